The minimum Gasteiger partial charge on any atom is -0.493 e. The number of hydrogen-bond donors (Lipinski definition) is 1. The highest BCUT2D eigenvalue weighted by Gasteiger charge is 2.18. The van der Waals surface area contributed by atoms with Gasteiger partial charge in [-0.15, -0.1) is 0 Å². The second kappa shape index (κ2) is 12.4. The zero-order valence-corrected chi connectivity index (χ0v) is 21.2. The standard InChI is InChI=1S/C21H22Br2N4O5/c1-5-31-20-16(22)6-13(7-17(20)30-4)9-25-27-18(28)11-32-21-14(8-24)15(10-29-3)19(23)12(2)26-21/h6-7,9H,5,10-11H2,1-4H3,(H,27,28)/b25-9-. The molecule has 1 N–H and O–H groups in total. The Bertz CT molecular complexity index is 1050. The smallest absolute Gasteiger partial charge is 0.278 e. The summed E-state index contributed by atoms with van der Waals surface area (Å²) in [6, 6.07) is 5.56. The predicted molar refractivity (Wildman–Crippen MR) is 125 cm³/mol. The van der Waals surface area contributed by atoms with Gasteiger partial charge in [-0.1, -0.05) is 0 Å². The lowest BCUT2D eigenvalue weighted by Crippen LogP contribution is -2.25. The van der Waals surface area contributed by atoms with Crippen molar-refractivity contribution in [2.75, 3.05) is 27.4 Å². The highest BCUT2D eigenvalue weighted by Crippen LogP contribution is 2.36. The van der Waals surface area contributed by atoms with Crippen molar-refractivity contribution in [2.24, 2.45) is 5.10 Å². The number of nitrogens with one attached hydrogen (secondary N) is 1. The Balaban J connectivity index is 2.06. The molecule has 0 radical (unpaired) electrons. The molecule has 0 unspecified atom stereocenters. The van der Waals surface area contributed by atoms with Crippen LogP contribution >= 0.6 is 31.9 Å². The zero-order valence-electron chi connectivity index (χ0n) is 18.0. The van der Waals surface area contributed by atoms with E-state index in [2.05, 4.69) is 47.4 Å². The normalized spacial score (nSPS) is 10.7. The van der Waals surface area contributed by atoms with Crippen LogP contribution in [0.15, 0.2) is 26.2 Å². The fraction of sp³-hybridized carbons (Fsp3) is 0.333. The van der Waals surface area contributed by atoms with Crippen molar-refractivity contribution >= 4 is 44.0 Å². The van der Waals surface area contributed by atoms with Crippen LogP contribution in [0.1, 0.15) is 29.3 Å². The van der Waals surface area contributed by atoms with Crippen LogP contribution in [0.2, 0.25) is 0 Å². The van der Waals surface area contributed by atoms with Crippen molar-refractivity contribution in [1.29, 1.82) is 5.26 Å². The van der Waals surface area contributed by atoms with Gasteiger partial charge in [0.25, 0.3) is 5.91 Å². The molecule has 2 rings (SSSR count). The first-order valence-corrected chi connectivity index (χ1v) is 11.0. The van der Waals surface area contributed by atoms with E-state index in [-0.39, 0.29) is 24.7 Å². The molecule has 170 valence electrons. The molecular weight excluding hydrogens is 548 g/mol. The molecule has 0 bridgehead atoms. The Labute approximate surface area is 203 Å². The molecule has 0 fully saturated rings. The van der Waals surface area contributed by atoms with Crippen molar-refractivity contribution in [3.8, 4) is 23.4 Å². The van der Waals surface area contributed by atoms with Crippen LogP contribution in [0, 0.1) is 18.3 Å². The minimum atomic E-state index is -0.516. The molecule has 1 amide bonds. The van der Waals surface area contributed by atoms with Gasteiger partial charge >= 0.3 is 0 Å². The summed E-state index contributed by atoms with van der Waals surface area (Å²) in [7, 11) is 3.06. The number of nitrogens with zero attached hydrogens (tertiary/aromatic N) is 3. The van der Waals surface area contributed by atoms with Gasteiger partial charge in [-0.25, -0.2) is 10.4 Å². The minimum absolute atomic E-state index is 0.0551. The molecule has 1 heterocycles. The monoisotopic (exact) mass is 568 g/mol. The number of hydrazone groups is 1. The molecule has 0 aliphatic rings. The summed E-state index contributed by atoms with van der Waals surface area (Å²) in [5, 5.41) is 13.4. The third-order valence-corrected chi connectivity index (χ3v) is 5.69. The lowest BCUT2D eigenvalue weighted by atomic mass is 10.1. The maximum Gasteiger partial charge on any atom is 0.278 e. The van der Waals surface area contributed by atoms with Crippen LogP contribution in [0.3, 0.4) is 0 Å². The fourth-order valence-electron chi connectivity index (χ4n) is 2.66. The van der Waals surface area contributed by atoms with E-state index < -0.39 is 5.91 Å². The third kappa shape index (κ3) is 6.41. The summed E-state index contributed by atoms with van der Waals surface area (Å²) in [5.74, 6) is 0.658. The number of aryl methyl sites for hydroxylation is 1. The Hall–Kier alpha value is -2.68. The SMILES string of the molecule is CCOc1c(Br)cc(/C=N\NC(=O)COc2nc(C)c(Br)c(COC)c2C#N)cc1OC. The summed E-state index contributed by atoms with van der Waals surface area (Å²) < 4.78 is 22.9. The number of hydrogen-bond acceptors (Lipinski definition) is 8. The number of carbonyl (C=O) groups is 1. The number of halogens is 2. The number of pyridine rings is 1. The summed E-state index contributed by atoms with van der Waals surface area (Å²) >= 11 is 6.84. The summed E-state index contributed by atoms with van der Waals surface area (Å²) in [6.07, 6.45) is 1.46. The quantitative estimate of drug-likeness (QED) is 0.341. The maximum atomic E-state index is 12.1. The fourth-order valence-corrected chi connectivity index (χ4v) is 3.63. The number of aromatic nitrogens is 1. The van der Waals surface area contributed by atoms with Gasteiger partial charge in [0.15, 0.2) is 18.1 Å². The Morgan fingerprint density at radius 1 is 1.31 bits per heavy atom. The van der Waals surface area contributed by atoms with Gasteiger partial charge < -0.3 is 18.9 Å². The molecule has 0 spiro atoms. The molecule has 0 saturated carbocycles. The summed E-state index contributed by atoms with van der Waals surface area (Å²) in [4.78, 5) is 16.4. The van der Waals surface area contributed by atoms with E-state index in [1.807, 2.05) is 13.0 Å². The molecule has 32 heavy (non-hydrogen) atoms. The van der Waals surface area contributed by atoms with E-state index in [9.17, 15) is 10.1 Å². The number of methoxy groups -OCH3 is 2. The van der Waals surface area contributed by atoms with Gasteiger partial charge in [-0.2, -0.15) is 10.4 Å². The Morgan fingerprint density at radius 2 is 2.06 bits per heavy atom. The van der Waals surface area contributed by atoms with Gasteiger partial charge in [0, 0.05) is 17.1 Å². The van der Waals surface area contributed by atoms with Crippen LogP contribution in [-0.2, 0) is 16.1 Å². The molecule has 9 nitrogen and oxygen atoms in total. The van der Waals surface area contributed by atoms with Crippen LogP contribution in [0.4, 0.5) is 0 Å². The molecular formula is C21H22Br2N4O5. The second-order valence-electron chi connectivity index (χ2n) is 6.26. The average Bonchev–Trinajstić information content (AvgIpc) is 2.77. The van der Waals surface area contributed by atoms with E-state index in [0.717, 1.165) is 0 Å². The first-order chi connectivity index (χ1) is 15.4. The van der Waals surface area contributed by atoms with Crippen LogP contribution in [0.25, 0.3) is 0 Å². The number of benzene rings is 1. The van der Waals surface area contributed by atoms with Gasteiger partial charge in [-0.3, -0.25) is 4.79 Å². The molecule has 0 atom stereocenters. The van der Waals surface area contributed by atoms with Crippen molar-refractivity contribution in [1.82, 2.24) is 10.4 Å². The molecule has 2 aromatic rings. The first-order valence-electron chi connectivity index (χ1n) is 9.39. The molecule has 11 heteroatoms. The van der Waals surface area contributed by atoms with Crippen molar-refractivity contribution in [3.63, 3.8) is 0 Å². The van der Waals surface area contributed by atoms with Crippen LogP contribution in [-0.4, -0.2) is 44.5 Å². The van der Waals surface area contributed by atoms with Crippen molar-refractivity contribution in [2.45, 2.75) is 20.5 Å². The topological polar surface area (TPSA) is 115 Å². The number of amides is 1. The van der Waals surface area contributed by atoms with Crippen LogP contribution < -0.4 is 19.6 Å². The van der Waals surface area contributed by atoms with Crippen molar-refractivity contribution in [3.05, 3.63) is 43.5 Å². The van der Waals surface area contributed by atoms with E-state index in [0.29, 0.717) is 43.9 Å². The Morgan fingerprint density at radius 3 is 2.69 bits per heavy atom. The highest BCUT2D eigenvalue weighted by atomic mass is 79.9. The van der Waals surface area contributed by atoms with Gasteiger partial charge in [-0.05, 0) is 63.4 Å². The third-order valence-electron chi connectivity index (χ3n) is 4.05. The maximum absolute atomic E-state index is 12.1. The second-order valence-corrected chi connectivity index (χ2v) is 7.91. The number of carbonyl (C=O) groups excluding carboxylic acids is 1. The van der Waals surface area contributed by atoms with E-state index in [1.165, 1.54) is 20.4 Å². The van der Waals surface area contributed by atoms with Crippen molar-refractivity contribution < 1.29 is 23.7 Å². The molecule has 0 aliphatic carbocycles. The molecule has 1 aromatic heterocycles. The van der Waals surface area contributed by atoms with Gasteiger partial charge in [0.1, 0.15) is 11.6 Å². The van der Waals surface area contributed by atoms with E-state index >= 15 is 0 Å². The average molecular weight is 570 g/mol. The van der Waals surface area contributed by atoms with E-state index in [4.69, 9.17) is 18.9 Å². The number of rotatable bonds is 10. The largest absolute Gasteiger partial charge is 0.493 e. The van der Waals surface area contributed by atoms with Crippen LogP contribution in [0.5, 0.6) is 17.4 Å². The number of nitriles is 1. The lowest BCUT2D eigenvalue weighted by molar-refractivity contribution is -0.123. The molecule has 0 saturated heterocycles. The van der Waals surface area contributed by atoms with Gasteiger partial charge in [0.2, 0.25) is 5.88 Å². The predicted octanol–water partition coefficient (Wildman–Crippen LogP) is 3.87. The summed E-state index contributed by atoms with van der Waals surface area (Å²) in [6.45, 7) is 3.95. The molecule has 1 aromatic carbocycles. The zero-order chi connectivity index (χ0) is 23.7. The first kappa shape index (κ1) is 25.6. The van der Waals surface area contributed by atoms with Gasteiger partial charge in [0.05, 0.1) is 36.7 Å². The number of ether oxygens (including phenoxy) is 4. The molecule has 0 aliphatic heterocycles. The lowest BCUT2D eigenvalue weighted by Gasteiger charge is -2.13. The Kier molecular flexibility index (Phi) is 9.90. The highest BCUT2D eigenvalue weighted by molar-refractivity contribution is 9.10. The van der Waals surface area contributed by atoms with E-state index in [1.54, 1.807) is 19.1 Å². The summed E-state index contributed by atoms with van der Waals surface area (Å²) in [5.41, 5.74) is 4.47.